The number of hydrogen-bond donors (Lipinski definition) is 2. The van der Waals surface area contributed by atoms with Crippen LogP contribution < -0.4 is 10.2 Å². The van der Waals surface area contributed by atoms with Crippen LogP contribution in [0.1, 0.15) is 6.42 Å². The fourth-order valence-corrected chi connectivity index (χ4v) is 2.20. The molecule has 0 aromatic carbocycles. The van der Waals surface area contributed by atoms with Crippen molar-refractivity contribution in [2.45, 2.75) is 6.42 Å². The third-order valence-electron chi connectivity index (χ3n) is 3.45. The van der Waals surface area contributed by atoms with Crippen molar-refractivity contribution < 1.29 is 14.7 Å². The van der Waals surface area contributed by atoms with E-state index >= 15 is 0 Å². The Balaban J connectivity index is 1.87. The Labute approximate surface area is 139 Å². The van der Waals surface area contributed by atoms with Crippen LogP contribution in [0.25, 0.3) is 0 Å². The van der Waals surface area contributed by atoms with Crippen LogP contribution in [0.4, 0.5) is 5.95 Å². The van der Waals surface area contributed by atoms with Gasteiger partial charge in [-0.2, -0.15) is 5.26 Å². The summed E-state index contributed by atoms with van der Waals surface area (Å²) in [6, 6.07) is 3.61. The summed E-state index contributed by atoms with van der Waals surface area (Å²) < 4.78 is 0. The molecule has 2 heterocycles. The summed E-state index contributed by atoms with van der Waals surface area (Å²) in [5.74, 6) is -0.905. The predicted octanol–water partition coefficient (Wildman–Crippen LogP) is -0.403. The zero-order valence-corrected chi connectivity index (χ0v) is 13.1. The summed E-state index contributed by atoms with van der Waals surface area (Å²) in [7, 11) is 0. The van der Waals surface area contributed by atoms with Crippen molar-refractivity contribution in [1.29, 1.82) is 5.26 Å². The number of piperazine rings is 1. The van der Waals surface area contributed by atoms with Crippen molar-refractivity contribution in [2.24, 2.45) is 0 Å². The summed E-state index contributed by atoms with van der Waals surface area (Å²) >= 11 is 0. The van der Waals surface area contributed by atoms with E-state index < -0.39 is 11.9 Å². The second-order valence-electron chi connectivity index (χ2n) is 5.13. The number of amides is 1. The quantitative estimate of drug-likeness (QED) is 0.533. The van der Waals surface area contributed by atoms with E-state index in [1.165, 1.54) is 6.20 Å². The maximum absolute atomic E-state index is 11.9. The second-order valence-corrected chi connectivity index (χ2v) is 5.13. The molecular weight excluding hydrogens is 312 g/mol. The van der Waals surface area contributed by atoms with Gasteiger partial charge in [-0.3, -0.25) is 9.59 Å². The molecule has 1 amide bonds. The summed E-state index contributed by atoms with van der Waals surface area (Å²) in [6.07, 6.45) is 4.70. The summed E-state index contributed by atoms with van der Waals surface area (Å²) in [5, 5.41) is 20.1. The Morgan fingerprint density at radius 1 is 1.29 bits per heavy atom. The number of carboxylic acids is 1. The van der Waals surface area contributed by atoms with Crippen molar-refractivity contribution in [1.82, 2.24) is 20.2 Å². The van der Waals surface area contributed by atoms with Crippen molar-refractivity contribution in [3.8, 4) is 6.07 Å². The van der Waals surface area contributed by atoms with E-state index in [0.717, 1.165) is 0 Å². The van der Waals surface area contributed by atoms with Gasteiger partial charge in [-0.05, 0) is 6.07 Å². The second kappa shape index (κ2) is 8.47. The molecule has 1 aliphatic rings. The monoisotopic (exact) mass is 330 g/mol. The first kappa shape index (κ1) is 17.2. The van der Waals surface area contributed by atoms with E-state index in [0.29, 0.717) is 32.1 Å². The molecule has 0 bridgehead atoms. The van der Waals surface area contributed by atoms with Crippen molar-refractivity contribution in [2.75, 3.05) is 37.6 Å². The third-order valence-corrected chi connectivity index (χ3v) is 3.45. The number of nitrogens with zero attached hydrogens (tertiary/aromatic N) is 5. The minimum atomic E-state index is -1.00. The van der Waals surface area contributed by atoms with E-state index in [-0.39, 0.29) is 18.5 Å². The van der Waals surface area contributed by atoms with Crippen LogP contribution in [0, 0.1) is 11.3 Å². The molecule has 9 heteroatoms. The summed E-state index contributed by atoms with van der Waals surface area (Å²) in [4.78, 5) is 34.6. The van der Waals surface area contributed by atoms with Gasteiger partial charge in [0, 0.05) is 51.3 Å². The first-order chi connectivity index (χ1) is 11.6. The van der Waals surface area contributed by atoms with Crippen LogP contribution in [0.5, 0.6) is 0 Å². The SMILES string of the molecule is N#C/C(=C/N1CCN(c2ncccn2)CC1)C(=O)NCCC(=O)O. The van der Waals surface area contributed by atoms with Crippen LogP contribution >= 0.6 is 0 Å². The molecule has 2 rings (SSSR count). The number of anilines is 1. The number of carboxylic acid groups (broad SMARTS) is 1. The first-order valence-corrected chi connectivity index (χ1v) is 7.48. The molecule has 24 heavy (non-hydrogen) atoms. The van der Waals surface area contributed by atoms with Gasteiger partial charge < -0.3 is 20.2 Å². The molecule has 2 N–H and O–H groups in total. The van der Waals surface area contributed by atoms with Crippen molar-refractivity contribution in [3.63, 3.8) is 0 Å². The van der Waals surface area contributed by atoms with Crippen LogP contribution in [-0.4, -0.2) is 64.6 Å². The van der Waals surface area contributed by atoms with Crippen LogP contribution in [0.3, 0.4) is 0 Å². The molecule has 0 spiro atoms. The molecule has 0 radical (unpaired) electrons. The standard InChI is InChI=1S/C15H18N6O3/c16-10-12(14(24)17-5-2-13(22)23)11-20-6-8-21(9-7-20)15-18-3-1-4-19-15/h1,3-4,11H,2,5-9H2,(H,17,24)(H,22,23)/b12-11-. The molecular formula is C15H18N6O3. The lowest BCUT2D eigenvalue weighted by molar-refractivity contribution is -0.136. The Kier molecular flexibility index (Phi) is 6.08. The van der Waals surface area contributed by atoms with Gasteiger partial charge >= 0.3 is 5.97 Å². The highest BCUT2D eigenvalue weighted by Crippen LogP contribution is 2.10. The molecule has 9 nitrogen and oxygen atoms in total. The highest BCUT2D eigenvalue weighted by Gasteiger charge is 2.18. The molecule has 0 atom stereocenters. The highest BCUT2D eigenvalue weighted by atomic mass is 16.4. The minimum absolute atomic E-state index is 0.00763. The molecule has 0 unspecified atom stereocenters. The molecule has 1 fully saturated rings. The molecule has 1 aromatic rings. The number of rotatable bonds is 6. The van der Waals surface area contributed by atoms with E-state index in [1.807, 2.05) is 15.9 Å². The molecule has 0 saturated carbocycles. The molecule has 0 aliphatic carbocycles. The van der Waals surface area contributed by atoms with E-state index in [2.05, 4.69) is 15.3 Å². The summed E-state index contributed by atoms with van der Waals surface area (Å²) in [6.45, 7) is 2.61. The zero-order chi connectivity index (χ0) is 17.4. The smallest absolute Gasteiger partial charge is 0.305 e. The molecule has 126 valence electrons. The van der Waals surface area contributed by atoms with E-state index in [1.54, 1.807) is 18.5 Å². The van der Waals surface area contributed by atoms with Gasteiger partial charge in [-0.1, -0.05) is 0 Å². The lowest BCUT2D eigenvalue weighted by Gasteiger charge is -2.34. The van der Waals surface area contributed by atoms with Crippen LogP contribution in [0.15, 0.2) is 30.2 Å². The topological polar surface area (TPSA) is 122 Å². The third kappa shape index (κ3) is 4.95. The van der Waals surface area contributed by atoms with Crippen LogP contribution in [-0.2, 0) is 9.59 Å². The van der Waals surface area contributed by atoms with Gasteiger partial charge in [0.25, 0.3) is 5.91 Å². The van der Waals surface area contributed by atoms with Gasteiger partial charge in [-0.25, -0.2) is 9.97 Å². The zero-order valence-electron chi connectivity index (χ0n) is 13.1. The largest absolute Gasteiger partial charge is 0.481 e. The van der Waals surface area contributed by atoms with Gasteiger partial charge in [0.1, 0.15) is 11.6 Å². The molecule has 1 saturated heterocycles. The normalized spacial score (nSPS) is 14.9. The number of aliphatic carboxylic acids is 1. The molecule has 1 aromatic heterocycles. The first-order valence-electron chi connectivity index (χ1n) is 7.48. The van der Waals surface area contributed by atoms with Gasteiger partial charge in [0.05, 0.1) is 6.42 Å². The lowest BCUT2D eigenvalue weighted by atomic mass is 10.2. The fourth-order valence-electron chi connectivity index (χ4n) is 2.20. The Morgan fingerprint density at radius 3 is 2.54 bits per heavy atom. The number of aromatic nitrogens is 2. The minimum Gasteiger partial charge on any atom is -0.481 e. The van der Waals surface area contributed by atoms with Gasteiger partial charge in [-0.15, -0.1) is 0 Å². The number of nitrogens with one attached hydrogen (secondary N) is 1. The Morgan fingerprint density at radius 2 is 1.96 bits per heavy atom. The number of nitriles is 1. The van der Waals surface area contributed by atoms with E-state index in [9.17, 15) is 9.59 Å². The fraction of sp³-hybridized carbons (Fsp3) is 0.400. The Bertz CT molecular complexity index is 647. The summed E-state index contributed by atoms with van der Waals surface area (Å²) in [5.41, 5.74) is -0.0372. The maximum atomic E-state index is 11.9. The van der Waals surface area contributed by atoms with Crippen molar-refractivity contribution in [3.05, 3.63) is 30.2 Å². The number of carbonyl (C=O) groups excluding carboxylic acids is 1. The number of carbonyl (C=O) groups is 2. The lowest BCUT2D eigenvalue weighted by Crippen LogP contribution is -2.45. The van der Waals surface area contributed by atoms with Crippen LogP contribution in [0.2, 0.25) is 0 Å². The van der Waals surface area contributed by atoms with Gasteiger partial charge in [0.15, 0.2) is 0 Å². The van der Waals surface area contributed by atoms with Crippen molar-refractivity contribution >= 4 is 17.8 Å². The van der Waals surface area contributed by atoms with Gasteiger partial charge in [0.2, 0.25) is 5.95 Å². The average molecular weight is 330 g/mol. The maximum Gasteiger partial charge on any atom is 0.305 e. The molecule has 1 aliphatic heterocycles. The number of hydrogen-bond acceptors (Lipinski definition) is 7. The van der Waals surface area contributed by atoms with E-state index in [4.69, 9.17) is 10.4 Å². The highest BCUT2D eigenvalue weighted by molar-refractivity contribution is 5.97. The Hall–Kier alpha value is -3.15. The predicted molar refractivity (Wildman–Crippen MR) is 84.8 cm³/mol. The average Bonchev–Trinajstić information content (AvgIpc) is 2.60.